The lowest BCUT2D eigenvalue weighted by Crippen LogP contribution is -2.61. The highest BCUT2D eigenvalue weighted by Gasteiger charge is 2.47. The van der Waals surface area contributed by atoms with Gasteiger partial charge in [0.2, 0.25) is 0 Å². The number of hydrogen-bond acceptors (Lipinski definition) is 2. The van der Waals surface area contributed by atoms with Gasteiger partial charge >= 0.3 is 0 Å². The van der Waals surface area contributed by atoms with E-state index >= 15 is 0 Å². The molecular formula is C112H94BN5. The fraction of sp³-hybridized carbons (Fsp3) is 0.143. The van der Waals surface area contributed by atoms with Gasteiger partial charge in [0.1, 0.15) is 0 Å². The molecule has 16 aromatic carbocycles. The molecule has 0 atom stereocenters. The quantitative estimate of drug-likeness (QED) is 0.127. The van der Waals surface area contributed by atoms with Gasteiger partial charge < -0.3 is 23.5 Å². The fourth-order valence-electron chi connectivity index (χ4n) is 19.3. The molecule has 0 fully saturated rings. The minimum Gasteiger partial charge on any atom is -0.310 e. The summed E-state index contributed by atoms with van der Waals surface area (Å²) in [6.45, 7) is 28.2. The van der Waals surface area contributed by atoms with Crippen molar-refractivity contribution >= 4 is 123 Å². The first-order valence-corrected chi connectivity index (χ1v) is 41.9. The Morgan fingerprint density at radius 3 is 0.788 bits per heavy atom. The van der Waals surface area contributed by atoms with Crippen LogP contribution < -0.4 is 26.2 Å². The van der Waals surface area contributed by atoms with Crippen molar-refractivity contribution in [1.82, 2.24) is 13.7 Å². The Morgan fingerprint density at radius 2 is 0.466 bits per heavy atom. The van der Waals surface area contributed by atoms with Crippen LogP contribution in [0.25, 0.3) is 138 Å². The highest BCUT2D eigenvalue weighted by molar-refractivity contribution is 7.00. The molecular weight excluding hydrogens is 1430 g/mol. The molecule has 0 unspecified atom stereocenters. The van der Waals surface area contributed by atoms with E-state index in [9.17, 15) is 0 Å². The number of rotatable bonds is 10. The van der Waals surface area contributed by atoms with Crippen molar-refractivity contribution < 1.29 is 0 Å². The van der Waals surface area contributed by atoms with E-state index in [4.69, 9.17) is 0 Å². The number of benzene rings is 16. The SMILES string of the molecule is CC(C)(C)c1cc(-c2cc3c4c(c2)N(c2c(-c5ccccc5)cc(C(C)(C)C)cc2-c2ccccc2)c2cc(-n5c6ccccc6c6cc(-n7c8ccccc8c8ccccc87)ccc65)ccc2B4c2ccc(-n4c5ccccc5c5ccccc54)cc2N3c2c(-c3ccccc3)cc(C(C)(C)C)cc2-c2ccccc2)cc(C(C)(C)C)c1. The Kier molecular flexibility index (Phi) is 16.6. The topological polar surface area (TPSA) is 21.3 Å². The van der Waals surface area contributed by atoms with Crippen molar-refractivity contribution in [2.45, 2.75) is 105 Å². The molecule has 0 saturated carbocycles. The smallest absolute Gasteiger partial charge is 0.252 e. The van der Waals surface area contributed by atoms with E-state index in [0.29, 0.717) is 0 Å². The Balaban J connectivity index is 0.948. The molecule has 3 aromatic heterocycles. The van der Waals surface area contributed by atoms with Gasteiger partial charge in [0.05, 0.1) is 44.5 Å². The van der Waals surface area contributed by atoms with Crippen LogP contribution in [0.3, 0.4) is 0 Å². The molecule has 5 nitrogen and oxygen atoms in total. The van der Waals surface area contributed by atoms with Gasteiger partial charge in [-0.1, -0.05) is 326 Å². The summed E-state index contributed by atoms with van der Waals surface area (Å²) in [4.78, 5) is 5.51. The molecule has 19 aromatic rings. The van der Waals surface area contributed by atoms with Gasteiger partial charge in [0, 0.05) is 94.4 Å². The summed E-state index contributed by atoms with van der Waals surface area (Å²) in [5.41, 5.74) is 36.4. The van der Waals surface area contributed by atoms with Crippen molar-refractivity contribution in [3.05, 3.63) is 374 Å². The monoisotopic (exact) mass is 1520 g/mol. The standard InChI is InChI=1S/C112H94BN5/c1-109(2,3)77-59-75(60-78(63-77)110(4,5)6)76-61-104-106-105(62-76)118(108-91(73-39-21-15-22-40-73)66-80(112(10,11)12)67-92(108)74-41-23-16-24-42-74)103-70-83(116-100-52-34-29-47-88(100)93-68-81(55-58-101(93)116)114-96-48-30-25-43-84(96)85-44-26-31-49-97(85)114)54-57-95(103)113(106)94-56-53-82(115-98-50-32-27-45-86(98)87-46-28-33-51-99(87)115)69-102(94)117(104)107-89(71-35-17-13-18-36-71)64-79(111(7,8)9)65-90(107)72-37-19-14-20-38-72/h13-70H,1-12H3. The summed E-state index contributed by atoms with van der Waals surface area (Å²) in [7, 11) is 0. The first kappa shape index (κ1) is 72.3. The van der Waals surface area contributed by atoms with Crippen LogP contribution in [0.15, 0.2) is 352 Å². The Hall–Kier alpha value is -13.4. The average molecular weight is 1520 g/mol. The lowest BCUT2D eigenvalue weighted by Gasteiger charge is -2.46. The predicted molar refractivity (Wildman–Crippen MR) is 505 cm³/mol. The summed E-state index contributed by atoms with van der Waals surface area (Å²) in [5, 5.41) is 7.31. The van der Waals surface area contributed by atoms with Crippen LogP contribution in [0.4, 0.5) is 34.1 Å². The Labute approximate surface area is 693 Å². The molecule has 570 valence electrons. The zero-order valence-electron chi connectivity index (χ0n) is 69.3. The number of para-hydroxylation sites is 5. The van der Waals surface area contributed by atoms with Gasteiger partial charge in [0.25, 0.3) is 6.71 Å². The molecule has 5 heterocycles. The Bertz CT molecular complexity index is 7000. The van der Waals surface area contributed by atoms with Crippen molar-refractivity contribution in [3.63, 3.8) is 0 Å². The third-order valence-corrected chi connectivity index (χ3v) is 25.4. The predicted octanol–water partition coefficient (Wildman–Crippen LogP) is 28.6. The van der Waals surface area contributed by atoms with E-state index in [1.807, 2.05) is 0 Å². The zero-order chi connectivity index (χ0) is 80.4. The van der Waals surface area contributed by atoms with Crippen LogP contribution >= 0.6 is 0 Å². The number of fused-ring (bicyclic) bond motifs is 13. The summed E-state index contributed by atoms with van der Waals surface area (Å²) >= 11 is 0. The highest BCUT2D eigenvalue weighted by Crippen LogP contribution is 2.56. The number of nitrogens with zero attached hydrogens (tertiary/aromatic N) is 5. The molecule has 0 N–H and O–H groups in total. The molecule has 0 saturated heterocycles. The minimum atomic E-state index is -0.306. The molecule has 21 rings (SSSR count). The zero-order valence-corrected chi connectivity index (χ0v) is 69.3. The maximum Gasteiger partial charge on any atom is 0.252 e. The lowest BCUT2D eigenvalue weighted by atomic mass is 9.33. The maximum absolute atomic E-state index is 2.76. The first-order valence-electron chi connectivity index (χ1n) is 41.9. The molecule has 118 heavy (non-hydrogen) atoms. The highest BCUT2D eigenvalue weighted by atomic mass is 15.2. The van der Waals surface area contributed by atoms with E-state index < -0.39 is 0 Å². The molecule has 0 bridgehead atoms. The van der Waals surface area contributed by atoms with E-state index in [1.54, 1.807) is 0 Å². The van der Waals surface area contributed by atoms with Crippen LogP contribution in [-0.2, 0) is 21.7 Å². The number of hydrogen-bond donors (Lipinski definition) is 0. The minimum absolute atomic E-state index is 0.188. The largest absolute Gasteiger partial charge is 0.310 e. The summed E-state index contributed by atoms with van der Waals surface area (Å²) in [6.07, 6.45) is 0. The normalized spacial score (nSPS) is 13.0. The third kappa shape index (κ3) is 11.7. The lowest BCUT2D eigenvalue weighted by molar-refractivity contribution is 0.569. The molecule has 2 aliphatic rings. The molecule has 2 aliphatic heterocycles. The first-order chi connectivity index (χ1) is 57.1. The number of anilines is 6. The van der Waals surface area contributed by atoms with Crippen LogP contribution in [0.1, 0.15) is 105 Å². The second-order valence-electron chi connectivity index (χ2n) is 36.9. The Morgan fingerprint density at radius 1 is 0.203 bits per heavy atom. The summed E-state index contributed by atoms with van der Waals surface area (Å²) in [6, 6.07) is 135. The van der Waals surface area contributed by atoms with Crippen LogP contribution in [-0.4, -0.2) is 20.4 Å². The van der Waals surface area contributed by atoms with Gasteiger partial charge in [-0.15, -0.1) is 0 Å². The average Bonchev–Trinajstić information content (AvgIpc) is 0.694. The number of aromatic nitrogens is 3. The summed E-state index contributed by atoms with van der Waals surface area (Å²) in [5.74, 6) is 0. The second kappa shape index (κ2) is 27.1. The third-order valence-electron chi connectivity index (χ3n) is 25.4. The second-order valence-corrected chi connectivity index (χ2v) is 36.9. The summed E-state index contributed by atoms with van der Waals surface area (Å²) < 4.78 is 7.52. The maximum atomic E-state index is 2.76. The van der Waals surface area contributed by atoms with Crippen molar-refractivity contribution in [1.29, 1.82) is 0 Å². The van der Waals surface area contributed by atoms with Crippen LogP contribution in [0, 0.1) is 0 Å². The van der Waals surface area contributed by atoms with Crippen molar-refractivity contribution in [2.24, 2.45) is 0 Å². The van der Waals surface area contributed by atoms with E-state index in [0.717, 1.165) is 123 Å². The van der Waals surface area contributed by atoms with Crippen LogP contribution in [0.5, 0.6) is 0 Å². The van der Waals surface area contributed by atoms with Gasteiger partial charge in [-0.2, -0.15) is 0 Å². The van der Waals surface area contributed by atoms with Gasteiger partial charge in [-0.3, -0.25) is 0 Å². The fourth-order valence-corrected chi connectivity index (χ4v) is 19.3. The van der Waals surface area contributed by atoms with E-state index in [2.05, 4.69) is 458 Å². The molecule has 0 amide bonds. The van der Waals surface area contributed by atoms with Crippen molar-refractivity contribution in [3.8, 4) is 72.7 Å². The van der Waals surface area contributed by atoms with E-state index in [-0.39, 0.29) is 28.4 Å². The van der Waals surface area contributed by atoms with Gasteiger partial charge in [-0.25, -0.2) is 0 Å². The van der Waals surface area contributed by atoms with Crippen LogP contribution in [0.2, 0.25) is 0 Å². The molecule has 0 spiro atoms. The molecule has 0 aliphatic carbocycles. The van der Waals surface area contributed by atoms with Crippen molar-refractivity contribution in [2.75, 3.05) is 9.80 Å². The van der Waals surface area contributed by atoms with Gasteiger partial charge in [0.15, 0.2) is 0 Å². The molecule has 6 heteroatoms. The molecule has 0 radical (unpaired) electrons. The van der Waals surface area contributed by atoms with Gasteiger partial charge in [-0.05, 0) is 203 Å². The van der Waals surface area contributed by atoms with E-state index in [1.165, 1.54) is 87.6 Å².